The van der Waals surface area contributed by atoms with Crippen molar-refractivity contribution in [1.29, 1.82) is 0 Å². The molecule has 0 aromatic carbocycles. The Morgan fingerprint density at radius 2 is 2.00 bits per heavy atom. The van der Waals surface area contributed by atoms with Crippen LogP contribution in [0.2, 0.25) is 0 Å². The lowest BCUT2D eigenvalue weighted by atomic mass is 9.96. The van der Waals surface area contributed by atoms with Crippen LogP contribution >= 0.6 is 0 Å². The molecule has 6 nitrogen and oxygen atoms in total. The van der Waals surface area contributed by atoms with Crippen LogP contribution in [0.5, 0.6) is 0 Å². The highest BCUT2D eigenvalue weighted by atomic mass is 16.5. The quantitative estimate of drug-likeness (QED) is 0.834. The van der Waals surface area contributed by atoms with Gasteiger partial charge in [-0.1, -0.05) is 12.8 Å². The molecule has 2 fully saturated rings. The van der Waals surface area contributed by atoms with E-state index in [2.05, 4.69) is 21.7 Å². The second-order valence-corrected chi connectivity index (χ2v) is 6.35. The van der Waals surface area contributed by atoms with Gasteiger partial charge < -0.3 is 14.2 Å². The average molecular weight is 306 g/mol. The predicted molar refractivity (Wildman–Crippen MR) is 82.5 cm³/mol. The van der Waals surface area contributed by atoms with Crippen LogP contribution in [0.1, 0.15) is 57.2 Å². The van der Waals surface area contributed by atoms with Crippen molar-refractivity contribution in [3.63, 3.8) is 0 Å². The Hall–Kier alpha value is -1.43. The highest BCUT2D eigenvalue weighted by molar-refractivity contribution is 5.77. The summed E-state index contributed by atoms with van der Waals surface area (Å²) in [4.78, 5) is 14.2. The minimum atomic E-state index is 0.141. The normalized spacial score (nSPS) is 20.7. The minimum Gasteiger partial charge on any atom is -0.368 e. The van der Waals surface area contributed by atoms with Gasteiger partial charge in [0.2, 0.25) is 5.91 Å². The highest BCUT2D eigenvalue weighted by Gasteiger charge is 2.27. The van der Waals surface area contributed by atoms with Gasteiger partial charge >= 0.3 is 0 Å². The minimum absolute atomic E-state index is 0.141. The summed E-state index contributed by atoms with van der Waals surface area (Å²) >= 11 is 0. The molecule has 0 atom stereocenters. The number of rotatable bonds is 5. The summed E-state index contributed by atoms with van der Waals surface area (Å²) in [5, 5.41) is 8.26. The fraction of sp³-hybridized carbons (Fsp3) is 0.812. The maximum Gasteiger partial charge on any atom is 0.248 e. The zero-order valence-electron chi connectivity index (χ0n) is 13.4. The zero-order chi connectivity index (χ0) is 15.4. The highest BCUT2D eigenvalue weighted by Crippen LogP contribution is 2.27. The molecule has 0 bridgehead atoms. The number of likely N-dealkylation sites (tertiary alicyclic amines) is 1. The average Bonchev–Trinajstić information content (AvgIpc) is 3.23. The van der Waals surface area contributed by atoms with E-state index in [1.54, 1.807) is 6.33 Å². The van der Waals surface area contributed by atoms with Crippen LogP contribution in [-0.2, 0) is 16.1 Å². The molecule has 2 aliphatic rings. The van der Waals surface area contributed by atoms with E-state index < -0.39 is 0 Å². The molecule has 22 heavy (non-hydrogen) atoms. The Morgan fingerprint density at radius 1 is 1.27 bits per heavy atom. The maximum absolute atomic E-state index is 12.2. The number of hydrogen-bond acceptors (Lipinski definition) is 4. The number of carbonyl (C=O) groups is 1. The summed E-state index contributed by atoms with van der Waals surface area (Å²) in [6.45, 7) is 4.85. The fourth-order valence-electron chi connectivity index (χ4n) is 3.55. The van der Waals surface area contributed by atoms with E-state index in [0.29, 0.717) is 12.0 Å². The van der Waals surface area contributed by atoms with Crippen molar-refractivity contribution < 1.29 is 9.53 Å². The van der Waals surface area contributed by atoms with E-state index in [1.807, 2.05) is 4.90 Å². The SMILES string of the molecule is CCn1cnnc1C1CCN(C(=O)COC2CCCC2)CC1. The van der Waals surface area contributed by atoms with E-state index >= 15 is 0 Å². The summed E-state index contributed by atoms with van der Waals surface area (Å²) in [6, 6.07) is 0. The number of aromatic nitrogens is 3. The monoisotopic (exact) mass is 306 g/mol. The van der Waals surface area contributed by atoms with Crippen LogP contribution in [-0.4, -0.2) is 51.4 Å². The first-order chi connectivity index (χ1) is 10.8. The Kier molecular flexibility index (Phi) is 5.08. The van der Waals surface area contributed by atoms with Crippen molar-refractivity contribution in [3.05, 3.63) is 12.2 Å². The molecule has 122 valence electrons. The molecule has 1 aromatic rings. The Bertz CT molecular complexity index is 488. The van der Waals surface area contributed by atoms with E-state index in [9.17, 15) is 4.79 Å². The number of ether oxygens (including phenoxy) is 1. The van der Waals surface area contributed by atoms with Gasteiger partial charge in [0.05, 0.1) is 6.10 Å². The summed E-state index contributed by atoms with van der Waals surface area (Å²) in [5.74, 6) is 1.63. The molecule has 0 spiro atoms. The largest absolute Gasteiger partial charge is 0.368 e. The first kappa shape index (κ1) is 15.5. The molecule has 3 rings (SSSR count). The molecule has 2 heterocycles. The van der Waals surface area contributed by atoms with Crippen LogP contribution in [0.15, 0.2) is 6.33 Å². The van der Waals surface area contributed by atoms with Crippen LogP contribution in [0.3, 0.4) is 0 Å². The first-order valence-electron chi connectivity index (χ1n) is 8.55. The Labute approximate surface area is 131 Å². The second kappa shape index (κ2) is 7.22. The van der Waals surface area contributed by atoms with E-state index in [0.717, 1.165) is 51.1 Å². The molecular weight excluding hydrogens is 280 g/mol. The second-order valence-electron chi connectivity index (χ2n) is 6.35. The van der Waals surface area contributed by atoms with Crippen molar-refractivity contribution in [1.82, 2.24) is 19.7 Å². The topological polar surface area (TPSA) is 60.2 Å². The number of nitrogens with zero attached hydrogens (tertiary/aromatic N) is 4. The molecule has 1 amide bonds. The summed E-state index contributed by atoms with van der Waals surface area (Å²) < 4.78 is 7.84. The standard InChI is InChI=1S/C16H26N4O2/c1-2-19-12-17-18-16(19)13-7-9-20(10-8-13)15(21)11-22-14-5-3-4-6-14/h12-14H,2-11H2,1H3. The molecule has 6 heteroatoms. The van der Waals surface area contributed by atoms with Gasteiger partial charge in [-0.3, -0.25) is 4.79 Å². The molecule has 0 unspecified atom stereocenters. The molecule has 1 saturated heterocycles. The lowest BCUT2D eigenvalue weighted by molar-refractivity contribution is -0.139. The fourth-order valence-corrected chi connectivity index (χ4v) is 3.55. The van der Waals surface area contributed by atoms with Crippen molar-refractivity contribution in [2.45, 2.75) is 64.0 Å². The van der Waals surface area contributed by atoms with Crippen LogP contribution < -0.4 is 0 Å². The van der Waals surface area contributed by atoms with Gasteiger partial charge in [-0.15, -0.1) is 10.2 Å². The lowest BCUT2D eigenvalue weighted by Gasteiger charge is -2.31. The van der Waals surface area contributed by atoms with Crippen molar-refractivity contribution in [3.8, 4) is 0 Å². The molecule has 0 N–H and O–H groups in total. The van der Waals surface area contributed by atoms with E-state index in [1.165, 1.54) is 12.8 Å². The van der Waals surface area contributed by atoms with E-state index in [-0.39, 0.29) is 12.5 Å². The van der Waals surface area contributed by atoms with Crippen molar-refractivity contribution >= 4 is 5.91 Å². The number of carbonyl (C=O) groups excluding carboxylic acids is 1. The third-order valence-corrected chi connectivity index (χ3v) is 4.94. The van der Waals surface area contributed by atoms with Crippen LogP contribution in [0, 0.1) is 0 Å². The molecule has 1 saturated carbocycles. The molecular formula is C16H26N4O2. The van der Waals surface area contributed by atoms with Gasteiger partial charge in [0, 0.05) is 25.6 Å². The van der Waals surface area contributed by atoms with Gasteiger partial charge in [0.15, 0.2) is 0 Å². The molecule has 1 aliphatic carbocycles. The van der Waals surface area contributed by atoms with Gasteiger partial charge in [0.1, 0.15) is 18.8 Å². The summed E-state index contributed by atoms with van der Waals surface area (Å²) in [6.07, 6.45) is 8.74. The smallest absolute Gasteiger partial charge is 0.248 e. The van der Waals surface area contributed by atoms with Crippen molar-refractivity contribution in [2.75, 3.05) is 19.7 Å². The van der Waals surface area contributed by atoms with E-state index in [4.69, 9.17) is 4.74 Å². The van der Waals surface area contributed by atoms with Gasteiger partial charge in [-0.2, -0.15) is 0 Å². The third kappa shape index (κ3) is 3.48. The maximum atomic E-state index is 12.2. The predicted octanol–water partition coefficient (Wildman–Crippen LogP) is 1.96. The van der Waals surface area contributed by atoms with Gasteiger partial charge in [-0.25, -0.2) is 0 Å². The van der Waals surface area contributed by atoms with Gasteiger partial charge in [0.25, 0.3) is 0 Å². The molecule has 0 radical (unpaired) electrons. The number of piperidine rings is 1. The Morgan fingerprint density at radius 3 is 2.68 bits per heavy atom. The summed E-state index contributed by atoms with van der Waals surface area (Å²) in [7, 11) is 0. The molecule has 1 aliphatic heterocycles. The van der Waals surface area contributed by atoms with Crippen molar-refractivity contribution in [2.24, 2.45) is 0 Å². The zero-order valence-corrected chi connectivity index (χ0v) is 13.4. The number of hydrogen-bond donors (Lipinski definition) is 0. The van der Waals surface area contributed by atoms with Gasteiger partial charge in [-0.05, 0) is 32.6 Å². The Balaban J connectivity index is 1.45. The first-order valence-corrected chi connectivity index (χ1v) is 8.55. The van der Waals surface area contributed by atoms with Crippen LogP contribution in [0.4, 0.5) is 0 Å². The summed E-state index contributed by atoms with van der Waals surface area (Å²) in [5.41, 5.74) is 0. The number of amides is 1. The lowest BCUT2D eigenvalue weighted by Crippen LogP contribution is -2.40. The third-order valence-electron chi connectivity index (χ3n) is 4.94. The molecule has 1 aromatic heterocycles. The van der Waals surface area contributed by atoms with Crippen LogP contribution in [0.25, 0.3) is 0 Å². The number of aryl methyl sites for hydroxylation is 1.